The molecule has 0 radical (unpaired) electrons. The number of anilines is 1. The predicted molar refractivity (Wildman–Crippen MR) is 115 cm³/mol. The summed E-state index contributed by atoms with van der Waals surface area (Å²) in [6.45, 7) is 3.84. The SMILES string of the molecule is COc1ccc(-c2cc(=NNc3nc(C)cc(C)n3)c3ccccc3o2)cc1OC. The number of benzene rings is 2. The molecule has 7 nitrogen and oxygen atoms in total. The maximum absolute atomic E-state index is 6.14. The predicted octanol–water partition coefficient (Wildman–Crippen LogP) is 4.45. The summed E-state index contributed by atoms with van der Waals surface area (Å²) < 4.78 is 16.9. The van der Waals surface area contributed by atoms with Crippen molar-refractivity contribution in [2.24, 2.45) is 5.10 Å². The molecular weight excluding hydrogens is 380 g/mol. The van der Waals surface area contributed by atoms with Crippen LogP contribution in [-0.2, 0) is 0 Å². The standard InChI is InChI=1S/C23H22N4O3/c1-14-11-15(2)25-23(24-14)27-26-18-13-21(30-19-8-6-5-7-17(18)19)16-9-10-20(28-3)22(12-16)29-4/h5-13H,1-4H3,(H,24,25,27). The lowest BCUT2D eigenvalue weighted by atomic mass is 10.1. The highest BCUT2D eigenvalue weighted by molar-refractivity contribution is 5.78. The van der Waals surface area contributed by atoms with E-state index < -0.39 is 0 Å². The number of aryl methyl sites for hydroxylation is 2. The van der Waals surface area contributed by atoms with Crippen LogP contribution in [0.2, 0.25) is 0 Å². The van der Waals surface area contributed by atoms with Gasteiger partial charge in [-0.2, -0.15) is 5.10 Å². The lowest BCUT2D eigenvalue weighted by Crippen LogP contribution is -2.09. The topological polar surface area (TPSA) is 81.8 Å². The molecule has 0 unspecified atom stereocenters. The molecule has 4 rings (SSSR count). The summed E-state index contributed by atoms with van der Waals surface area (Å²) in [7, 11) is 3.21. The Labute approximate surface area is 174 Å². The summed E-state index contributed by atoms with van der Waals surface area (Å²) in [4.78, 5) is 8.76. The molecule has 0 aliphatic rings. The zero-order valence-electron chi connectivity index (χ0n) is 17.3. The molecule has 2 aromatic heterocycles. The first-order chi connectivity index (χ1) is 14.6. The van der Waals surface area contributed by atoms with Gasteiger partial charge >= 0.3 is 0 Å². The molecule has 0 spiro atoms. The smallest absolute Gasteiger partial charge is 0.243 e. The molecule has 0 aliphatic carbocycles. The molecule has 0 saturated heterocycles. The van der Waals surface area contributed by atoms with E-state index in [-0.39, 0.29) is 0 Å². The molecule has 4 aromatic rings. The van der Waals surface area contributed by atoms with Gasteiger partial charge in [-0.25, -0.2) is 15.4 Å². The second-order valence-electron chi connectivity index (χ2n) is 6.76. The summed E-state index contributed by atoms with van der Waals surface area (Å²) in [6.07, 6.45) is 0. The highest BCUT2D eigenvalue weighted by Gasteiger charge is 2.10. The first-order valence-corrected chi connectivity index (χ1v) is 9.44. The summed E-state index contributed by atoms with van der Waals surface area (Å²) in [5.74, 6) is 2.38. The average Bonchev–Trinajstić information content (AvgIpc) is 2.76. The molecule has 1 N–H and O–H groups in total. The first-order valence-electron chi connectivity index (χ1n) is 9.44. The minimum absolute atomic E-state index is 0.449. The second kappa shape index (κ2) is 8.24. The van der Waals surface area contributed by atoms with Crippen molar-refractivity contribution in [2.45, 2.75) is 13.8 Å². The maximum Gasteiger partial charge on any atom is 0.243 e. The van der Waals surface area contributed by atoms with Gasteiger partial charge in [0.1, 0.15) is 11.3 Å². The van der Waals surface area contributed by atoms with Crippen molar-refractivity contribution in [3.8, 4) is 22.8 Å². The van der Waals surface area contributed by atoms with Crippen LogP contribution in [0.5, 0.6) is 11.5 Å². The van der Waals surface area contributed by atoms with E-state index in [4.69, 9.17) is 13.9 Å². The molecule has 0 amide bonds. The summed E-state index contributed by atoms with van der Waals surface area (Å²) in [6, 6.07) is 17.2. The van der Waals surface area contributed by atoms with E-state index in [9.17, 15) is 0 Å². The second-order valence-corrected chi connectivity index (χ2v) is 6.76. The monoisotopic (exact) mass is 402 g/mol. The van der Waals surface area contributed by atoms with Crippen LogP contribution in [-0.4, -0.2) is 24.2 Å². The van der Waals surface area contributed by atoms with Crippen LogP contribution in [0.4, 0.5) is 5.95 Å². The van der Waals surface area contributed by atoms with Gasteiger partial charge < -0.3 is 13.9 Å². The van der Waals surface area contributed by atoms with Crippen LogP contribution in [0.15, 0.2) is 64.1 Å². The molecule has 0 fully saturated rings. The molecule has 2 heterocycles. The highest BCUT2D eigenvalue weighted by atomic mass is 16.5. The molecule has 152 valence electrons. The van der Waals surface area contributed by atoms with Crippen LogP contribution in [0, 0.1) is 13.8 Å². The Morgan fingerprint density at radius 1 is 0.867 bits per heavy atom. The van der Waals surface area contributed by atoms with E-state index in [0.717, 1.165) is 22.3 Å². The van der Waals surface area contributed by atoms with Gasteiger partial charge in [0.2, 0.25) is 5.95 Å². The molecular formula is C23H22N4O3. The van der Waals surface area contributed by atoms with E-state index in [1.165, 1.54) is 0 Å². The highest BCUT2D eigenvalue weighted by Crippen LogP contribution is 2.32. The number of methoxy groups -OCH3 is 2. The fraction of sp³-hybridized carbons (Fsp3) is 0.174. The van der Waals surface area contributed by atoms with Crippen molar-refractivity contribution < 1.29 is 13.9 Å². The van der Waals surface area contributed by atoms with E-state index in [2.05, 4.69) is 20.5 Å². The van der Waals surface area contributed by atoms with Crippen molar-refractivity contribution >= 4 is 16.9 Å². The lowest BCUT2D eigenvalue weighted by Gasteiger charge is -2.10. The summed E-state index contributed by atoms with van der Waals surface area (Å²) in [5, 5.41) is 6.14. The third-order valence-electron chi connectivity index (χ3n) is 4.58. The number of nitrogens with one attached hydrogen (secondary N) is 1. The van der Waals surface area contributed by atoms with Gasteiger partial charge in [-0.3, -0.25) is 0 Å². The number of hydrogen-bond acceptors (Lipinski definition) is 7. The van der Waals surface area contributed by atoms with Crippen molar-refractivity contribution in [1.82, 2.24) is 9.97 Å². The van der Waals surface area contributed by atoms with Crippen molar-refractivity contribution in [3.05, 3.63) is 71.3 Å². The Hall–Kier alpha value is -3.87. The quantitative estimate of drug-likeness (QED) is 0.497. The van der Waals surface area contributed by atoms with E-state index >= 15 is 0 Å². The van der Waals surface area contributed by atoms with Gasteiger partial charge in [-0.05, 0) is 50.2 Å². The van der Waals surface area contributed by atoms with Crippen molar-refractivity contribution in [1.29, 1.82) is 0 Å². The zero-order valence-corrected chi connectivity index (χ0v) is 17.3. The van der Waals surface area contributed by atoms with Gasteiger partial charge in [0.05, 0.1) is 19.6 Å². The Morgan fingerprint density at radius 3 is 2.33 bits per heavy atom. The maximum atomic E-state index is 6.14. The third kappa shape index (κ3) is 3.96. The number of ether oxygens (including phenoxy) is 2. The number of hydrogen-bond donors (Lipinski definition) is 1. The molecule has 0 aliphatic heterocycles. The fourth-order valence-corrected chi connectivity index (χ4v) is 3.23. The Kier molecular flexibility index (Phi) is 5.34. The molecule has 0 saturated carbocycles. The van der Waals surface area contributed by atoms with Crippen molar-refractivity contribution in [2.75, 3.05) is 19.6 Å². The molecule has 0 atom stereocenters. The fourth-order valence-electron chi connectivity index (χ4n) is 3.23. The molecule has 30 heavy (non-hydrogen) atoms. The van der Waals surface area contributed by atoms with Gasteiger partial charge in [0.25, 0.3) is 0 Å². The largest absolute Gasteiger partial charge is 0.493 e. The van der Waals surface area contributed by atoms with E-state index in [1.54, 1.807) is 14.2 Å². The summed E-state index contributed by atoms with van der Waals surface area (Å²) >= 11 is 0. The lowest BCUT2D eigenvalue weighted by molar-refractivity contribution is 0.355. The Balaban J connectivity index is 1.84. The minimum atomic E-state index is 0.449. The van der Waals surface area contributed by atoms with Gasteiger partial charge in [-0.15, -0.1) is 0 Å². The van der Waals surface area contributed by atoms with Crippen LogP contribution in [0.1, 0.15) is 11.4 Å². The van der Waals surface area contributed by atoms with Crippen molar-refractivity contribution in [3.63, 3.8) is 0 Å². The summed E-state index contributed by atoms with van der Waals surface area (Å²) in [5.41, 5.74) is 6.28. The Morgan fingerprint density at radius 2 is 1.60 bits per heavy atom. The number of rotatable bonds is 5. The number of fused-ring (bicyclic) bond motifs is 1. The van der Waals surface area contributed by atoms with Gasteiger partial charge in [-0.1, -0.05) is 12.1 Å². The van der Waals surface area contributed by atoms with Gasteiger partial charge in [0.15, 0.2) is 11.5 Å². The normalized spacial score (nSPS) is 11.5. The zero-order chi connectivity index (χ0) is 21.1. The van der Waals surface area contributed by atoms with Gasteiger partial charge in [0, 0.05) is 28.4 Å². The number of para-hydroxylation sites is 1. The number of aromatic nitrogens is 2. The molecule has 0 bridgehead atoms. The number of nitrogens with zero attached hydrogens (tertiary/aromatic N) is 3. The van der Waals surface area contributed by atoms with Crippen LogP contribution >= 0.6 is 0 Å². The van der Waals surface area contributed by atoms with E-state index in [1.807, 2.05) is 68.4 Å². The molecule has 2 aromatic carbocycles. The van der Waals surface area contributed by atoms with E-state index in [0.29, 0.717) is 34.1 Å². The first kappa shape index (κ1) is 19.4. The third-order valence-corrected chi connectivity index (χ3v) is 4.58. The van der Waals surface area contributed by atoms with Crippen LogP contribution in [0.3, 0.4) is 0 Å². The minimum Gasteiger partial charge on any atom is -0.493 e. The molecule has 7 heteroatoms. The van der Waals surface area contributed by atoms with Crippen LogP contribution < -0.4 is 20.3 Å². The van der Waals surface area contributed by atoms with Crippen LogP contribution in [0.25, 0.3) is 22.3 Å². The Bertz CT molecular complexity index is 1260. The average molecular weight is 402 g/mol.